The lowest BCUT2D eigenvalue weighted by molar-refractivity contribution is 0.552. The van der Waals surface area contributed by atoms with Crippen LogP contribution in [0.4, 0.5) is 5.69 Å². The van der Waals surface area contributed by atoms with Gasteiger partial charge in [0, 0.05) is 29.8 Å². The quantitative estimate of drug-likeness (QED) is 0.836. The van der Waals surface area contributed by atoms with E-state index < -0.39 is 0 Å². The highest BCUT2D eigenvalue weighted by atomic mass is 35.5. The largest absolute Gasteiger partial charge is 0.369 e. The van der Waals surface area contributed by atoms with Gasteiger partial charge in [-0.3, -0.25) is 0 Å². The first-order chi connectivity index (χ1) is 10.1. The van der Waals surface area contributed by atoms with Crippen molar-refractivity contribution in [3.63, 3.8) is 0 Å². The summed E-state index contributed by atoms with van der Waals surface area (Å²) in [4.78, 5) is 2.52. The monoisotopic (exact) mass is 308 g/mol. The van der Waals surface area contributed by atoms with Crippen LogP contribution in [0.25, 0.3) is 0 Å². The Hall–Kier alpha value is -0.730. The van der Waals surface area contributed by atoms with Gasteiger partial charge in [0.05, 0.1) is 0 Å². The molecule has 0 bridgehead atoms. The molecule has 0 spiro atoms. The van der Waals surface area contributed by atoms with Gasteiger partial charge in [0.1, 0.15) is 0 Å². The van der Waals surface area contributed by atoms with Gasteiger partial charge < -0.3 is 10.2 Å². The zero-order chi connectivity index (χ0) is 15.2. The summed E-state index contributed by atoms with van der Waals surface area (Å²) in [6, 6.07) is 7.19. The van der Waals surface area contributed by atoms with Crippen molar-refractivity contribution in [2.45, 2.75) is 59.0 Å². The summed E-state index contributed by atoms with van der Waals surface area (Å²) in [6.07, 6.45) is 5.28. The van der Waals surface area contributed by atoms with Crippen LogP contribution >= 0.6 is 11.6 Å². The maximum absolute atomic E-state index is 6.49. The van der Waals surface area contributed by atoms with Crippen LogP contribution in [0.1, 0.15) is 52.0 Å². The number of hydrogen-bond acceptors (Lipinski definition) is 2. The van der Waals surface area contributed by atoms with E-state index in [1.807, 2.05) is 0 Å². The van der Waals surface area contributed by atoms with E-state index in [1.165, 1.54) is 36.9 Å². The number of rotatable bonds is 5. The Bertz CT molecular complexity index is 445. The smallest absolute Gasteiger partial charge is 0.0471 e. The van der Waals surface area contributed by atoms with Crippen molar-refractivity contribution in [3.05, 3.63) is 28.8 Å². The molecule has 2 nitrogen and oxygen atoms in total. The van der Waals surface area contributed by atoms with Gasteiger partial charge in [-0.25, -0.2) is 0 Å². The Morgan fingerprint density at radius 1 is 1.29 bits per heavy atom. The summed E-state index contributed by atoms with van der Waals surface area (Å²) in [5.74, 6) is 0.668. The van der Waals surface area contributed by atoms with Crippen molar-refractivity contribution in [2.24, 2.45) is 5.92 Å². The molecule has 0 aromatic heterocycles. The standard InChI is InChI=1S/C18H29ClN2/c1-14(2)12-20-13-16-8-9-17(11-18(16)19)21-10-6-4-5-7-15(21)3/h8-9,11,14-15,20H,4-7,10,12-13H2,1-3H3. The lowest BCUT2D eigenvalue weighted by Crippen LogP contribution is -2.32. The zero-order valence-corrected chi connectivity index (χ0v) is 14.4. The molecule has 0 aliphatic carbocycles. The molecule has 1 aromatic carbocycles. The Kier molecular flexibility index (Phi) is 6.38. The van der Waals surface area contributed by atoms with Crippen LogP contribution < -0.4 is 10.2 Å². The van der Waals surface area contributed by atoms with Crippen molar-refractivity contribution >= 4 is 17.3 Å². The van der Waals surface area contributed by atoms with Crippen molar-refractivity contribution < 1.29 is 0 Å². The predicted molar refractivity (Wildman–Crippen MR) is 93.3 cm³/mol. The molecule has 1 unspecified atom stereocenters. The number of nitrogens with zero attached hydrogens (tertiary/aromatic N) is 1. The lowest BCUT2D eigenvalue weighted by atomic mass is 10.1. The lowest BCUT2D eigenvalue weighted by Gasteiger charge is -2.30. The fourth-order valence-electron chi connectivity index (χ4n) is 3.01. The Labute approximate surface area is 134 Å². The van der Waals surface area contributed by atoms with Crippen molar-refractivity contribution in [1.82, 2.24) is 5.32 Å². The maximum atomic E-state index is 6.49. The molecule has 1 heterocycles. The summed E-state index contributed by atoms with van der Waals surface area (Å²) in [5.41, 5.74) is 2.48. The van der Waals surface area contributed by atoms with Gasteiger partial charge >= 0.3 is 0 Å². The second-order valence-electron chi connectivity index (χ2n) is 6.69. The fraction of sp³-hybridized carbons (Fsp3) is 0.667. The highest BCUT2D eigenvalue weighted by Crippen LogP contribution is 2.28. The van der Waals surface area contributed by atoms with Crippen molar-refractivity contribution in [2.75, 3.05) is 18.0 Å². The first-order valence-electron chi connectivity index (χ1n) is 8.33. The second-order valence-corrected chi connectivity index (χ2v) is 7.10. The molecule has 1 N–H and O–H groups in total. The van der Waals surface area contributed by atoms with Crippen molar-refractivity contribution in [3.8, 4) is 0 Å². The number of benzene rings is 1. The molecule has 1 atom stereocenters. The topological polar surface area (TPSA) is 15.3 Å². The Balaban J connectivity index is 2.03. The van der Waals surface area contributed by atoms with Gasteiger partial charge in [-0.05, 0) is 49.9 Å². The third-order valence-corrected chi connectivity index (χ3v) is 4.64. The van der Waals surface area contributed by atoms with Crippen molar-refractivity contribution in [1.29, 1.82) is 0 Å². The molecular formula is C18H29ClN2. The minimum Gasteiger partial charge on any atom is -0.369 e. The molecule has 3 heteroatoms. The minimum atomic E-state index is 0.619. The normalized spacial score (nSPS) is 19.9. The van der Waals surface area contributed by atoms with Crippen LogP contribution in [0, 0.1) is 5.92 Å². The van der Waals surface area contributed by atoms with Crippen LogP contribution in [0.5, 0.6) is 0 Å². The summed E-state index contributed by atoms with van der Waals surface area (Å²) in [5, 5.41) is 4.35. The number of anilines is 1. The van der Waals surface area contributed by atoms with E-state index in [2.05, 4.69) is 49.2 Å². The molecule has 0 amide bonds. The van der Waals surface area contributed by atoms with Crippen LogP contribution in [0.3, 0.4) is 0 Å². The van der Waals surface area contributed by atoms with Crippen LogP contribution in [-0.2, 0) is 6.54 Å². The maximum Gasteiger partial charge on any atom is 0.0471 e. The molecule has 118 valence electrons. The first kappa shape index (κ1) is 16.6. The highest BCUT2D eigenvalue weighted by molar-refractivity contribution is 6.31. The first-order valence-corrected chi connectivity index (χ1v) is 8.71. The van der Waals surface area contributed by atoms with Gasteiger partial charge in [-0.1, -0.05) is 44.4 Å². The van der Waals surface area contributed by atoms with E-state index >= 15 is 0 Å². The van der Waals surface area contributed by atoms with E-state index in [0.29, 0.717) is 12.0 Å². The summed E-state index contributed by atoms with van der Waals surface area (Å²) in [6.45, 7) is 9.81. The molecule has 1 fully saturated rings. The van der Waals surface area contributed by atoms with E-state index in [9.17, 15) is 0 Å². The number of nitrogens with one attached hydrogen (secondary N) is 1. The van der Waals surface area contributed by atoms with Gasteiger partial charge in [0.25, 0.3) is 0 Å². The average molecular weight is 309 g/mol. The predicted octanol–water partition coefficient (Wildman–Crippen LogP) is 4.85. The van der Waals surface area contributed by atoms with E-state index in [0.717, 1.165) is 24.7 Å². The third-order valence-electron chi connectivity index (χ3n) is 4.29. The molecule has 1 aliphatic rings. The Morgan fingerprint density at radius 2 is 2.10 bits per heavy atom. The van der Waals surface area contributed by atoms with Gasteiger partial charge in [-0.2, -0.15) is 0 Å². The van der Waals surface area contributed by atoms with Gasteiger partial charge in [-0.15, -0.1) is 0 Å². The fourth-order valence-corrected chi connectivity index (χ4v) is 3.25. The third kappa shape index (κ3) is 4.89. The second kappa shape index (κ2) is 8.05. The highest BCUT2D eigenvalue weighted by Gasteiger charge is 2.17. The van der Waals surface area contributed by atoms with E-state index in [4.69, 9.17) is 11.6 Å². The van der Waals surface area contributed by atoms with E-state index in [-0.39, 0.29) is 0 Å². The zero-order valence-electron chi connectivity index (χ0n) is 13.7. The molecule has 21 heavy (non-hydrogen) atoms. The summed E-state index contributed by atoms with van der Waals surface area (Å²) in [7, 11) is 0. The molecule has 1 saturated heterocycles. The molecular weight excluding hydrogens is 280 g/mol. The summed E-state index contributed by atoms with van der Waals surface area (Å²) >= 11 is 6.49. The summed E-state index contributed by atoms with van der Waals surface area (Å²) < 4.78 is 0. The van der Waals surface area contributed by atoms with Gasteiger partial charge in [0.2, 0.25) is 0 Å². The SMILES string of the molecule is CC(C)CNCc1ccc(N2CCCCCC2C)cc1Cl. The molecule has 0 saturated carbocycles. The van der Waals surface area contributed by atoms with Crippen LogP contribution in [0.2, 0.25) is 5.02 Å². The molecule has 0 radical (unpaired) electrons. The number of halogens is 1. The molecule has 1 aromatic rings. The Morgan fingerprint density at radius 3 is 2.81 bits per heavy atom. The number of hydrogen-bond donors (Lipinski definition) is 1. The van der Waals surface area contributed by atoms with Crippen LogP contribution in [0.15, 0.2) is 18.2 Å². The van der Waals surface area contributed by atoms with Crippen LogP contribution in [-0.4, -0.2) is 19.1 Å². The average Bonchev–Trinajstić information content (AvgIpc) is 2.65. The molecule has 1 aliphatic heterocycles. The minimum absolute atomic E-state index is 0.619. The van der Waals surface area contributed by atoms with Gasteiger partial charge in [0.15, 0.2) is 0 Å². The van der Waals surface area contributed by atoms with E-state index in [1.54, 1.807) is 0 Å². The molecule has 2 rings (SSSR count).